The molecule has 6 aromatic carbocycles. The normalized spacial score (nSPS) is 16.0. The zero-order chi connectivity index (χ0) is 61.7. The van der Waals surface area contributed by atoms with E-state index in [4.69, 9.17) is 83.3 Å². The van der Waals surface area contributed by atoms with Gasteiger partial charge in [-0.25, -0.2) is 29.5 Å². The minimum Gasteiger partial charge on any atom is -0.445 e. The van der Waals surface area contributed by atoms with Gasteiger partial charge in [0.1, 0.15) is 13.2 Å². The number of rotatable bonds is 10. The third-order valence-corrected chi connectivity index (χ3v) is 14.5. The van der Waals surface area contributed by atoms with Gasteiger partial charge in [0.25, 0.3) is 0 Å². The van der Waals surface area contributed by atoms with Crippen LogP contribution >= 0.6 is 34.8 Å². The fourth-order valence-corrected chi connectivity index (χ4v) is 10.5. The van der Waals surface area contributed by atoms with Crippen LogP contribution in [0.1, 0.15) is 24.0 Å². The number of piperidine rings is 2. The van der Waals surface area contributed by atoms with Gasteiger partial charge in [-0.3, -0.25) is 0 Å². The topological polar surface area (TPSA) is 279 Å². The molecule has 0 spiro atoms. The molecule has 2 saturated heterocycles. The number of likely N-dealkylation sites (tertiary alicyclic amines) is 2. The molecule has 0 aliphatic carbocycles. The van der Waals surface area contributed by atoms with E-state index in [1.807, 2.05) is 128 Å². The number of nitrogens with one attached hydrogen (secondary N) is 1. The number of fused-ring (bicyclic) bond motifs is 2. The second-order valence-corrected chi connectivity index (χ2v) is 21.3. The molecule has 4 atom stereocenters. The van der Waals surface area contributed by atoms with Gasteiger partial charge in [0.05, 0.1) is 44.9 Å². The molecule has 2 fully saturated rings. The van der Waals surface area contributed by atoms with E-state index in [1.165, 1.54) is 6.20 Å². The van der Waals surface area contributed by atoms with E-state index in [9.17, 15) is 9.59 Å². The van der Waals surface area contributed by atoms with Crippen molar-refractivity contribution >= 4 is 97.9 Å². The van der Waals surface area contributed by atoms with E-state index < -0.39 is 29.2 Å². The lowest BCUT2D eigenvalue weighted by molar-refractivity contribution is 0.0824. The number of aromatic nitrogens is 6. The smallest absolute Gasteiger partial charge is 0.410 e. The van der Waals surface area contributed by atoms with Crippen LogP contribution in [0.2, 0.25) is 15.3 Å². The molecule has 20 nitrogen and oxygen atoms in total. The molecule has 25 heteroatoms. The Kier molecular flexibility index (Phi) is 23.8. The van der Waals surface area contributed by atoms with Crippen LogP contribution in [0.4, 0.5) is 15.5 Å². The summed E-state index contributed by atoms with van der Waals surface area (Å²) in [7, 11) is 0. The Bertz CT molecular complexity index is 3940. The van der Waals surface area contributed by atoms with Gasteiger partial charge < -0.3 is 50.9 Å². The number of halogens is 3. The Labute approximate surface area is 523 Å². The summed E-state index contributed by atoms with van der Waals surface area (Å²) in [6.07, 6.45) is 7.90. The Balaban J connectivity index is 0.000000176. The van der Waals surface area contributed by atoms with E-state index in [1.54, 1.807) is 16.0 Å². The van der Waals surface area contributed by atoms with Gasteiger partial charge in [0.15, 0.2) is 0 Å². The van der Waals surface area contributed by atoms with Crippen molar-refractivity contribution < 1.29 is 35.9 Å². The summed E-state index contributed by atoms with van der Waals surface area (Å²) in [6.45, 7) is 2.38. The van der Waals surface area contributed by atoms with Gasteiger partial charge in [0, 0.05) is 96.0 Å². The summed E-state index contributed by atoms with van der Waals surface area (Å²) in [6, 6.07) is 55.3. The quantitative estimate of drug-likeness (QED) is 0.0926. The van der Waals surface area contributed by atoms with Crippen LogP contribution in [-0.4, -0.2) is 118 Å². The number of carbonyl (C=O) groups excluding carboxylic acids is 2. The number of carbonyl (C=O) groups is 2. The number of ether oxygens (including phenoxy) is 2. The first-order valence-electron chi connectivity index (χ1n) is 27.1. The molecule has 0 saturated carbocycles. The molecule has 448 valence electrons. The van der Waals surface area contributed by atoms with Crippen molar-refractivity contribution in [3.05, 3.63) is 221 Å². The van der Waals surface area contributed by atoms with Gasteiger partial charge in [-0.05, 0) is 72.0 Å². The predicted molar refractivity (Wildman–Crippen MR) is 338 cm³/mol. The van der Waals surface area contributed by atoms with E-state index in [2.05, 4.69) is 84.1 Å². The van der Waals surface area contributed by atoms with Crippen LogP contribution in [0, 0.1) is 0 Å². The van der Waals surface area contributed by atoms with Crippen LogP contribution in [0.5, 0.6) is 0 Å². The number of hydrogen-bond acceptors (Lipinski definition) is 16. The van der Waals surface area contributed by atoms with Gasteiger partial charge >= 0.3 is 35.3 Å². The van der Waals surface area contributed by atoms with Crippen molar-refractivity contribution in [2.45, 2.75) is 50.2 Å². The van der Waals surface area contributed by atoms with Crippen molar-refractivity contribution in [2.75, 3.05) is 31.5 Å². The molecule has 2 amide bonds. The van der Waals surface area contributed by atoms with Gasteiger partial charge in [-0.15, -0.1) is 0 Å². The highest BCUT2D eigenvalue weighted by Gasteiger charge is 2.31. The summed E-state index contributed by atoms with van der Waals surface area (Å²) < 4.78 is 48.2. The summed E-state index contributed by atoms with van der Waals surface area (Å²) in [5.74, 6) is 0.424. The van der Waals surface area contributed by atoms with Gasteiger partial charge in [-0.1, -0.05) is 157 Å². The molecule has 2 aliphatic heterocycles. The fourth-order valence-electron chi connectivity index (χ4n) is 10.0. The zero-order valence-electron chi connectivity index (χ0n) is 46.5. The monoisotopic (exact) mass is 1270 g/mol. The molecule has 10 aromatic rings. The lowest BCUT2D eigenvalue weighted by atomic mass is 10.0. The maximum Gasteiger partial charge on any atom is 0.410 e. The lowest BCUT2D eigenvalue weighted by Crippen LogP contribution is -2.54. The fraction of sp³-hybridized carbons (Fsp3) is 0.194. The lowest BCUT2D eigenvalue weighted by Gasteiger charge is -2.35. The third-order valence-electron chi connectivity index (χ3n) is 13.7. The van der Waals surface area contributed by atoms with Crippen molar-refractivity contribution in [1.82, 2.24) is 38.9 Å². The maximum absolute atomic E-state index is 12.8. The molecular weight excluding hydrogens is 1210 g/mol. The molecule has 2 aliphatic rings. The molecule has 0 radical (unpaired) electrons. The molecule has 4 aromatic heterocycles. The summed E-state index contributed by atoms with van der Waals surface area (Å²) in [5.41, 5.74) is 27.2. The zero-order valence-corrected chi connectivity index (χ0v) is 50.4. The first-order chi connectivity index (χ1) is 42.3. The minimum absolute atomic E-state index is 0.0574. The van der Waals surface area contributed by atoms with Crippen LogP contribution in [0.3, 0.4) is 0 Å². The molecular formula is C62H59Cl3N12O8S2. The van der Waals surface area contributed by atoms with E-state index >= 15 is 0 Å². The van der Waals surface area contributed by atoms with Crippen molar-refractivity contribution in [3.63, 3.8) is 0 Å². The van der Waals surface area contributed by atoms with Gasteiger partial charge in [0.2, 0.25) is 11.2 Å². The maximum atomic E-state index is 12.8. The molecule has 87 heavy (non-hydrogen) atoms. The number of benzene rings is 6. The Morgan fingerprint density at radius 2 is 0.885 bits per heavy atom. The first-order valence-corrected chi connectivity index (χ1v) is 29.5. The number of anilines is 1. The summed E-state index contributed by atoms with van der Waals surface area (Å²) in [4.78, 5) is 45.4. The van der Waals surface area contributed by atoms with E-state index in [0.717, 1.165) is 61.9 Å². The highest BCUT2D eigenvalue weighted by atomic mass is 35.5. The number of amides is 2. The van der Waals surface area contributed by atoms with Crippen LogP contribution in [0.15, 0.2) is 195 Å². The number of nitrogens with zero attached hydrogens (tertiary/aromatic N) is 8. The molecule has 4 unspecified atom stereocenters. The largest absolute Gasteiger partial charge is 0.445 e. The molecule has 7 N–H and O–H groups in total. The first kappa shape index (κ1) is 64.3. The van der Waals surface area contributed by atoms with Crippen molar-refractivity contribution in [3.8, 4) is 33.9 Å². The number of nitrogens with two attached hydrogens (primary N) is 3. The standard InChI is InChI=1S/C31H29ClN6O2.C18H11Cl2N3.C13H19N3O2.2O2S/c32-27-16-34-30(35-23-15-22(33)17-37(18-23)31(39)40-20-21-9-3-1-4-10-21)36-29(27)26-19-38(24-11-5-2-6-12-24)28-14-8-7-13-25(26)28;19-15-10-21-18(20)22-17(15)14-11-23(12-6-2-1-3-7-12)16-9-5-4-8-13(14)16;14-11-6-12(15)8-16(7-11)13(17)18-9-10-4-2-1-3-5-10;2*1-3-2/h1-14,16,19,22-23H,15,17-18,20,33H2,(H,34,35,36);1-11H;1-5,11-12H,6-9,14-15H2;;. The number of para-hydroxylation sites is 4. The van der Waals surface area contributed by atoms with Crippen LogP contribution in [-0.2, 0) is 45.8 Å². The van der Waals surface area contributed by atoms with Crippen LogP contribution in [0.25, 0.3) is 55.7 Å². The SMILES string of the molecule is Clc1ncc(Cl)c(-c2cn(-c3ccccc3)c3ccccc23)n1.NC1CC(N)CN(C(=O)OCc2ccccc2)C1.NC1CC(Nc2ncc(Cl)c(-c3cn(-c4ccccc4)c4ccccc34)n2)CN(C(=O)OCc2ccccc2)C1.O=S=O.O=S=O. The van der Waals surface area contributed by atoms with Gasteiger partial charge in [-0.2, -0.15) is 16.8 Å². The second kappa shape index (κ2) is 32.1. The predicted octanol–water partition coefficient (Wildman–Crippen LogP) is 10.6. The Hall–Kier alpha value is -8.71. The second-order valence-electron chi connectivity index (χ2n) is 19.9. The molecule has 12 rings (SSSR count). The minimum atomic E-state index is -0.750. The van der Waals surface area contributed by atoms with E-state index in [0.29, 0.717) is 60.0 Å². The third kappa shape index (κ3) is 17.7. The molecule has 0 bridgehead atoms. The van der Waals surface area contributed by atoms with Crippen molar-refractivity contribution in [2.24, 2.45) is 17.2 Å². The highest BCUT2D eigenvalue weighted by Crippen LogP contribution is 2.37. The summed E-state index contributed by atoms with van der Waals surface area (Å²) >= 11 is 17.4. The highest BCUT2D eigenvalue weighted by molar-refractivity contribution is 7.52. The Morgan fingerprint density at radius 1 is 0.506 bits per heavy atom. The van der Waals surface area contributed by atoms with Crippen LogP contribution < -0.4 is 22.5 Å². The summed E-state index contributed by atoms with van der Waals surface area (Å²) in [5, 5.41) is 6.58. The molecule has 6 heterocycles. The average molecular weight is 1270 g/mol. The average Bonchev–Trinajstić information content (AvgIpc) is 2.12. The number of hydrogen-bond donors (Lipinski definition) is 4. The Morgan fingerprint density at radius 3 is 1.34 bits per heavy atom. The van der Waals surface area contributed by atoms with E-state index in [-0.39, 0.29) is 48.8 Å². The van der Waals surface area contributed by atoms with Crippen molar-refractivity contribution in [1.29, 1.82) is 0 Å².